The molecular formula is C89H118ClN11O21. The number of carbonyl (C=O) groups excluding carboxylic acids is 12. The van der Waals surface area contributed by atoms with E-state index in [-0.39, 0.29) is 33.7 Å². The van der Waals surface area contributed by atoms with E-state index in [0.29, 0.717) is 62.3 Å². The van der Waals surface area contributed by atoms with Crippen LogP contribution in [0.25, 0.3) is 22.6 Å². The number of esters is 2. The first-order valence-corrected chi connectivity index (χ1v) is 41.9. The first-order valence-electron chi connectivity index (χ1n) is 41.5. The molecule has 3 aromatic carbocycles. The number of ether oxygens (including phenoxy) is 3. The van der Waals surface area contributed by atoms with Crippen molar-refractivity contribution in [3.05, 3.63) is 128 Å². The van der Waals surface area contributed by atoms with E-state index >= 15 is 9.59 Å². The fourth-order valence-corrected chi connectivity index (χ4v) is 17.0. The highest BCUT2D eigenvalue weighted by Crippen LogP contribution is 2.40. The van der Waals surface area contributed by atoms with Crippen LogP contribution in [0.4, 0.5) is 5.69 Å². The van der Waals surface area contributed by atoms with Gasteiger partial charge in [0.1, 0.15) is 53.2 Å². The minimum absolute atomic E-state index is 0.0668. The van der Waals surface area contributed by atoms with Crippen LogP contribution in [0.5, 0.6) is 0 Å². The number of ketones is 2. The number of benzene rings is 4. The quantitative estimate of drug-likeness (QED) is 0.0217. The van der Waals surface area contributed by atoms with Crippen LogP contribution >= 0.6 is 11.6 Å². The number of amides is 8. The van der Waals surface area contributed by atoms with E-state index in [4.69, 9.17) is 51.2 Å². The third-order valence-electron chi connectivity index (χ3n) is 24.0. The molecule has 0 aromatic heterocycles. The van der Waals surface area contributed by atoms with Crippen molar-refractivity contribution in [1.29, 1.82) is 0 Å². The van der Waals surface area contributed by atoms with Gasteiger partial charge in [-0.1, -0.05) is 128 Å². The van der Waals surface area contributed by atoms with Gasteiger partial charge in [0.05, 0.1) is 42.0 Å². The third-order valence-corrected chi connectivity index (χ3v) is 24.2. The Morgan fingerprint density at radius 1 is 0.615 bits per heavy atom. The minimum Gasteiger partial charge on any atom is -0.478 e. The topological polar surface area (TPSA) is 441 Å². The van der Waals surface area contributed by atoms with Crippen molar-refractivity contribution < 1.29 is 96.0 Å². The first kappa shape index (κ1) is 96.5. The molecule has 3 aromatic rings. The van der Waals surface area contributed by atoms with E-state index < -0.39 is 214 Å². The van der Waals surface area contributed by atoms with Gasteiger partial charge in [-0.3, -0.25) is 52.7 Å². The molecule has 0 radical (unpaired) electrons. The number of carboxylic acid groups (broad SMARTS) is 2. The van der Waals surface area contributed by atoms with E-state index in [1.165, 1.54) is 95.8 Å². The Balaban J connectivity index is 0.000000477. The van der Waals surface area contributed by atoms with Crippen LogP contribution in [0, 0.1) is 61.2 Å². The molecule has 14 unspecified atom stereocenters. The Bertz CT molecular complexity index is 4780. The highest BCUT2D eigenvalue weighted by Gasteiger charge is 2.48. The van der Waals surface area contributed by atoms with Gasteiger partial charge in [-0.2, -0.15) is 0 Å². The highest BCUT2D eigenvalue weighted by molar-refractivity contribution is 6.30. The number of nitrogens with two attached hydrogens (primary N) is 1. The largest absolute Gasteiger partial charge is 0.478 e. The standard InChI is InChI=1S/C64H88N10O16.C21H26ClNO.C4H4O4/c1-27(2)44-53(78)35-19-17-21-37(35)61(84)71(13)25-40(75)73(15)50(29(5)6)63(86)88-33(11)46(59(82)67-44)69-57(80)39-24-23-31(9)55-48(39)66-49-42(43(65)52(77)32(10)56(49)90-55)58(81)70-47-34(12)89-64(87)51(30(7)8)74(16)41(76)26-72(14)62(85)38-22-18-20-36(38)54(79)45(28(3)4)68-60(47)83;1-21(17-7-4-3-5-8-17,18-10-12-19(22)13-11-18)24-16-14-20-9-6-15-23(20)2;5-3(6)1-2-4(7)8/h23-24,27-30,33-38,44-47,50-51H,17-22,25-26,65H2,1-16H3,(H,67,82)(H,68,83)(H,69,80)(H,70,81);3-5,7-8,10-13,20H,6,9,14-16H2,1-2H3;1-2H,(H,5,6)(H,7,8). The number of nitrogen functional groups attached to an aromatic ring is 1. The Labute approximate surface area is 715 Å². The number of hydrogen-bond acceptors (Lipinski definition) is 22. The molecule has 14 atom stereocenters. The van der Waals surface area contributed by atoms with Crippen molar-refractivity contribution in [1.82, 2.24) is 50.8 Å². The van der Waals surface area contributed by atoms with Crippen molar-refractivity contribution in [3.63, 3.8) is 0 Å². The second-order valence-electron chi connectivity index (χ2n) is 34.1. The number of anilines is 1. The molecule has 33 heteroatoms. The summed E-state index contributed by atoms with van der Waals surface area (Å²) in [6.45, 7) is 22.4. The van der Waals surface area contributed by atoms with Gasteiger partial charge >= 0.3 is 23.9 Å². The number of aliphatic carboxylic acids is 2. The number of aryl methyl sites for hydroxylation is 1. The summed E-state index contributed by atoms with van der Waals surface area (Å²) in [4.78, 5) is 219. The molecular weight excluding hydrogens is 1590 g/mol. The Morgan fingerprint density at radius 3 is 1.50 bits per heavy atom. The van der Waals surface area contributed by atoms with Gasteiger partial charge in [-0.15, -0.1) is 0 Å². The van der Waals surface area contributed by atoms with Gasteiger partial charge in [0.15, 0.2) is 22.9 Å². The Hall–Kier alpha value is -11.0. The molecule has 8 amide bonds. The lowest BCUT2D eigenvalue weighted by Crippen LogP contribution is -2.59. The number of fused-ring (bicyclic) bond motifs is 4. The SMILES string of the molecule is CN1CCCC1CCOC(C)(c1ccccc1)c1ccc(Cl)cc1.Cc1c2oc3c(C)ccc(C(=O)NC4C(=O)NC(C(C)C)C(=O)C5CCCC5C(=O)N(C)CC(=O)N(C)C(C(C)C)C(=O)OC4C)c3nc-2c(C(=O)NC2C(=O)NC(C(C)C)C(=O)C3CCCC3C(=O)N(C)CC(=O)N(C)C(C(C)C)C(=O)OC2C)c(N)c1=O.O=C(O)C=CC(=O)O. The zero-order valence-corrected chi connectivity index (χ0v) is 73.6. The molecule has 4 aliphatic heterocycles. The van der Waals surface area contributed by atoms with Crippen LogP contribution in [-0.4, -0.2) is 238 Å². The summed E-state index contributed by atoms with van der Waals surface area (Å²) < 4.78 is 24.8. The van der Waals surface area contributed by atoms with Crippen molar-refractivity contribution in [2.45, 2.75) is 208 Å². The summed E-state index contributed by atoms with van der Waals surface area (Å²) in [5, 5.41) is 27.2. The number of cyclic esters (lactones) is 2. The van der Waals surface area contributed by atoms with Crippen LogP contribution in [0.3, 0.4) is 0 Å². The Kier molecular flexibility index (Phi) is 33.0. The van der Waals surface area contributed by atoms with Gasteiger partial charge in [0.2, 0.25) is 40.9 Å². The summed E-state index contributed by atoms with van der Waals surface area (Å²) in [5.41, 5.74) is 5.52. The second-order valence-corrected chi connectivity index (χ2v) is 34.5. The maximum atomic E-state index is 15.2. The van der Waals surface area contributed by atoms with Crippen molar-refractivity contribution in [2.24, 2.45) is 47.3 Å². The van der Waals surface area contributed by atoms with E-state index in [0.717, 1.165) is 33.4 Å². The number of Topliss-reactive ketones (excluding diaryl/α,β-unsaturated/α-hetero) is 2. The molecule has 3 saturated heterocycles. The Morgan fingerprint density at radius 2 is 1.07 bits per heavy atom. The number of nitrogens with one attached hydrogen (secondary N) is 4. The maximum Gasteiger partial charge on any atom is 0.329 e. The van der Waals surface area contributed by atoms with Gasteiger partial charge in [-0.25, -0.2) is 24.2 Å². The van der Waals surface area contributed by atoms with E-state index in [1.54, 1.807) is 62.3 Å². The summed E-state index contributed by atoms with van der Waals surface area (Å²) in [6, 6.07) is 13.4. The number of hydrogen-bond donors (Lipinski definition) is 7. The second kappa shape index (κ2) is 41.7. The monoisotopic (exact) mass is 1710 g/mol. The van der Waals surface area contributed by atoms with Crippen molar-refractivity contribution in [3.8, 4) is 11.5 Å². The maximum absolute atomic E-state index is 15.2. The molecule has 7 aliphatic rings. The van der Waals surface area contributed by atoms with Gasteiger partial charge < -0.3 is 80.3 Å². The smallest absolute Gasteiger partial charge is 0.329 e. The van der Waals surface area contributed by atoms with Crippen molar-refractivity contribution >= 4 is 111 Å². The number of halogens is 1. The highest BCUT2D eigenvalue weighted by atomic mass is 35.5. The number of rotatable bonds is 16. The minimum atomic E-state index is -1.86. The number of carboxylic acids is 2. The average Bonchev–Trinajstić information content (AvgIpc) is 1.18. The van der Waals surface area contributed by atoms with Crippen LogP contribution in [0.1, 0.15) is 177 Å². The zero-order chi connectivity index (χ0) is 90.5. The average molecular weight is 1710 g/mol. The number of aromatic nitrogens is 1. The molecule has 662 valence electrons. The molecule has 5 fully saturated rings. The van der Waals surface area contributed by atoms with Crippen LogP contribution in [-0.2, 0) is 77.3 Å². The molecule has 0 spiro atoms. The summed E-state index contributed by atoms with van der Waals surface area (Å²) in [7, 11) is 7.88. The van der Waals surface area contributed by atoms with Gasteiger partial charge in [0.25, 0.3) is 11.8 Å². The predicted octanol–water partition coefficient (Wildman–Crippen LogP) is 7.53. The number of nitrogens with zero attached hydrogens (tertiary/aromatic N) is 6. The zero-order valence-electron chi connectivity index (χ0n) is 72.8. The normalized spacial score (nSPS) is 25.3. The lowest BCUT2D eigenvalue weighted by molar-refractivity contribution is -0.163. The molecule has 4 heterocycles. The first-order chi connectivity index (χ1) is 57.3. The van der Waals surface area contributed by atoms with Crippen LogP contribution < -0.4 is 32.4 Å². The van der Waals surface area contributed by atoms with E-state index in [2.05, 4.69) is 76.5 Å². The number of carbonyl (C=O) groups is 14. The molecule has 2 saturated carbocycles. The third kappa shape index (κ3) is 22.4. The van der Waals surface area contributed by atoms with E-state index in [9.17, 15) is 62.3 Å². The van der Waals surface area contributed by atoms with Gasteiger partial charge in [0, 0.05) is 87.2 Å². The van der Waals surface area contributed by atoms with Crippen molar-refractivity contribution in [2.75, 3.05) is 67.2 Å². The molecule has 3 aliphatic carbocycles. The molecule has 0 bridgehead atoms. The molecule has 122 heavy (non-hydrogen) atoms. The number of likely N-dealkylation sites (N-methyl/N-ethyl adjacent to an activating group) is 4. The summed E-state index contributed by atoms with van der Waals surface area (Å²) >= 11 is 6.07. The van der Waals surface area contributed by atoms with E-state index in [1.807, 2.05) is 18.2 Å². The fourth-order valence-electron chi connectivity index (χ4n) is 16.9. The number of likely N-dealkylation sites (tertiary alicyclic amines) is 1. The summed E-state index contributed by atoms with van der Waals surface area (Å²) in [5.74, 6) is -17.4. The predicted molar refractivity (Wildman–Crippen MR) is 453 cm³/mol. The lowest BCUT2D eigenvalue weighted by atomic mass is 9.83. The van der Waals surface area contributed by atoms with Crippen LogP contribution in [0.2, 0.25) is 5.02 Å². The molecule has 32 nitrogen and oxygen atoms in total. The summed E-state index contributed by atoms with van der Waals surface area (Å²) in [6.07, 6.45) is 4.12. The lowest BCUT2D eigenvalue weighted by Gasteiger charge is -2.35. The fraction of sp³-hybridized carbons (Fsp3) is 0.551. The molecule has 10 rings (SSSR count). The van der Waals surface area contributed by atoms with Gasteiger partial charge in [-0.05, 0) is 152 Å². The van der Waals surface area contributed by atoms with Crippen LogP contribution in [0.15, 0.2) is 88.1 Å². The molecule has 8 N–H and O–H groups in total.